The Morgan fingerprint density at radius 3 is 2.56 bits per heavy atom. The van der Waals surface area contributed by atoms with Crippen molar-refractivity contribution in [2.24, 2.45) is 0 Å². The van der Waals surface area contributed by atoms with Gasteiger partial charge in [0.25, 0.3) is 5.91 Å². The molecule has 0 aliphatic heterocycles. The second-order valence-corrected chi connectivity index (χ2v) is 8.90. The first-order valence-corrected chi connectivity index (χ1v) is 10.4. The van der Waals surface area contributed by atoms with Crippen molar-refractivity contribution >= 4 is 48.6 Å². The van der Waals surface area contributed by atoms with Crippen LogP contribution in [-0.4, -0.2) is 30.3 Å². The van der Waals surface area contributed by atoms with Gasteiger partial charge in [0, 0.05) is 16.2 Å². The lowest BCUT2D eigenvalue weighted by atomic mass is 10.2. The van der Waals surface area contributed by atoms with Gasteiger partial charge in [0.15, 0.2) is 0 Å². The van der Waals surface area contributed by atoms with Crippen molar-refractivity contribution in [2.75, 3.05) is 5.32 Å². The number of carbonyl (C=O) groups is 1. The standard InChI is InChI=1S/C17H15BrN4O4S/c18-13-5-4-11(27(25,26)22-9-1-2-9)8-12(13)16(23)19-10-3-6-14-15(7-10)21-17(24)20-14/h3-9,22H,1-2H2,(H,19,23)(H2,20,21,24). The molecule has 0 atom stereocenters. The van der Waals surface area contributed by atoms with Gasteiger partial charge in [0.2, 0.25) is 10.0 Å². The zero-order valence-electron chi connectivity index (χ0n) is 13.9. The Hall–Kier alpha value is -2.43. The fourth-order valence-electron chi connectivity index (χ4n) is 2.64. The van der Waals surface area contributed by atoms with E-state index >= 15 is 0 Å². The highest BCUT2D eigenvalue weighted by Crippen LogP contribution is 2.26. The average molecular weight is 451 g/mol. The number of carbonyl (C=O) groups excluding carboxylic acids is 1. The molecule has 27 heavy (non-hydrogen) atoms. The Balaban J connectivity index is 1.61. The Morgan fingerprint density at radius 2 is 1.81 bits per heavy atom. The SMILES string of the molecule is O=C(Nc1ccc2[nH]c(=O)[nH]c2c1)c1cc(S(=O)(=O)NC2CC2)ccc1Br. The van der Waals surface area contributed by atoms with Crippen molar-refractivity contribution < 1.29 is 13.2 Å². The molecule has 4 rings (SSSR count). The van der Waals surface area contributed by atoms with Gasteiger partial charge in [-0.3, -0.25) is 4.79 Å². The predicted octanol–water partition coefficient (Wildman–Crippen LogP) is 2.31. The summed E-state index contributed by atoms with van der Waals surface area (Å²) in [4.78, 5) is 29.3. The number of benzene rings is 2. The van der Waals surface area contributed by atoms with Crippen LogP contribution in [0.4, 0.5) is 5.69 Å². The van der Waals surface area contributed by atoms with Gasteiger partial charge in [-0.05, 0) is 65.2 Å². The highest BCUT2D eigenvalue weighted by Gasteiger charge is 2.28. The smallest absolute Gasteiger partial charge is 0.322 e. The minimum Gasteiger partial charge on any atom is -0.322 e. The third-order valence-electron chi connectivity index (χ3n) is 4.17. The van der Waals surface area contributed by atoms with Gasteiger partial charge < -0.3 is 15.3 Å². The maximum Gasteiger partial charge on any atom is 0.323 e. The molecular formula is C17H15BrN4O4S. The van der Waals surface area contributed by atoms with Crippen molar-refractivity contribution in [1.29, 1.82) is 0 Å². The molecule has 1 fully saturated rings. The first-order chi connectivity index (χ1) is 12.8. The molecule has 8 nitrogen and oxygen atoms in total. The number of amides is 1. The summed E-state index contributed by atoms with van der Waals surface area (Å²) in [5.41, 5.74) is 1.51. The topological polar surface area (TPSA) is 124 Å². The highest BCUT2D eigenvalue weighted by molar-refractivity contribution is 9.10. The van der Waals surface area contributed by atoms with Crippen LogP contribution >= 0.6 is 15.9 Å². The average Bonchev–Trinajstić information content (AvgIpc) is 3.32. The van der Waals surface area contributed by atoms with E-state index in [1.165, 1.54) is 18.2 Å². The van der Waals surface area contributed by atoms with E-state index in [0.717, 1.165) is 12.8 Å². The van der Waals surface area contributed by atoms with E-state index in [4.69, 9.17) is 0 Å². The molecule has 1 saturated carbocycles. The summed E-state index contributed by atoms with van der Waals surface area (Å²) >= 11 is 3.29. The molecule has 1 aliphatic rings. The van der Waals surface area contributed by atoms with E-state index in [-0.39, 0.29) is 22.2 Å². The maximum atomic E-state index is 12.7. The summed E-state index contributed by atoms with van der Waals surface area (Å²) in [5.74, 6) is -0.470. The number of anilines is 1. The summed E-state index contributed by atoms with van der Waals surface area (Å²) in [5, 5.41) is 2.71. The van der Waals surface area contributed by atoms with Crippen LogP contribution in [0.25, 0.3) is 11.0 Å². The van der Waals surface area contributed by atoms with E-state index in [1.54, 1.807) is 18.2 Å². The zero-order valence-corrected chi connectivity index (χ0v) is 16.3. The van der Waals surface area contributed by atoms with Gasteiger partial charge in [-0.2, -0.15) is 0 Å². The molecule has 3 aromatic rings. The number of H-pyrrole nitrogens is 2. The fourth-order valence-corrected chi connectivity index (χ4v) is 4.40. The molecule has 1 heterocycles. The molecule has 0 unspecified atom stereocenters. The number of aromatic nitrogens is 2. The minimum atomic E-state index is -3.66. The van der Waals surface area contributed by atoms with Crippen LogP contribution in [0.5, 0.6) is 0 Å². The third-order valence-corrected chi connectivity index (χ3v) is 6.38. The van der Waals surface area contributed by atoms with Crippen molar-refractivity contribution in [3.63, 3.8) is 0 Å². The lowest BCUT2D eigenvalue weighted by Crippen LogP contribution is -2.26. The van der Waals surface area contributed by atoms with Crippen LogP contribution in [-0.2, 0) is 10.0 Å². The van der Waals surface area contributed by atoms with Crippen molar-refractivity contribution in [3.8, 4) is 0 Å². The molecule has 4 N–H and O–H groups in total. The third kappa shape index (κ3) is 3.82. The molecule has 140 valence electrons. The number of hydrogen-bond acceptors (Lipinski definition) is 4. The second kappa shape index (κ2) is 6.63. The van der Waals surface area contributed by atoms with Gasteiger partial charge in [0.1, 0.15) is 0 Å². The number of nitrogens with one attached hydrogen (secondary N) is 4. The summed E-state index contributed by atoms with van der Waals surface area (Å²) in [6.07, 6.45) is 1.65. The van der Waals surface area contributed by atoms with Gasteiger partial charge in [-0.1, -0.05) is 0 Å². The van der Waals surface area contributed by atoms with Crippen LogP contribution < -0.4 is 15.7 Å². The van der Waals surface area contributed by atoms with E-state index in [2.05, 4.69) is 35.9 Å². The van der Waals surface area contributed by atoms with Crippen LogP contribution in [0.15, 0.2) is 50.6 Å². The number of rotatable bonds is 5. The van der Waals surface area contributed by atoms with E-state index in [1.807, 2.05) is 0 Å². The lowest BCUT2D eigenvalue weighted by molar-refractivity contribution is 0.102. The van der Waals surface area contributed by atoms with Crippen molar-refractivity contribution in [1.82, 2.24) is 14.7 Å². The maximum absolute atomic E-state index is 12.7. The summed E-state index contributed by atoms with van der Waals surface area (Å²) in [6.45, 7) is 0. The van der Waals surface area contributed by atoms with Crippen LogP contribution in [0.1, 0.15) is 23.2 Å². The molecule has 0 radical (unpaired) electrons. The van der Waals surface area contributed by atoms with Crippen LogP contribution in [0, 0.1) is 0 Å². The van der Waals surface area contributed by atoms with Crippen molar-refractivity contribution in [2.45, 2.75) is 23.8 Å². The van der Waals surface area contributed by atoms with Crippen LogP contribution in [0.2, 0.25) is 0 Å². The van der Waals surface area contributed by atoms with Gasteiger partial charge >= 0.3 is 5.69 Å². The molecule has 1 amide bonds. The van der Waals surface area contributed by atoms with E-state index in [9.17, 15) is 18.0 Å². The molecule has 2 aromatic carbocycles. The van der Waals surface area contributed by atoms with Crippen molar-refractivity contribution in [3.05, 3.63) is 56.9 Å². The Labute approximate surface area is 162 Å². The lowest BCUT2D eigenvalue weighted by Gasteiger charge is -2.10. The normalized spacial score (nSPS) is 14.4. The molecular weight excluding hydrogens is 436 g/mol. The number of sulfonamides is 1. The first kappa shape index (κ1) is 18.0. The second-order valence-electron chi connectivity index (χ2n) is 6.33. The van der Waals surface area contributed by atoms with Gasteiger partial charge in [-0.25, -0.2) is 17.9 Å². The quantitative estimate of drug-likeness (QED) is 0.475. The highest BCUT2D eigenvalue weighted by atomic mass is 79.9. The largest absolute Gasteiger partial charge is 0.323 e. The van der Waals surface area contributed by atoms with E-state index < -0.39 is 15.9 Å². The number of imidazole rings is 1. The number of aromatic amines is 2. The monoisotopic (exact) mass is 450 g/mol. The molecule has 1 aliphatic carbocycles. The van der Waals surface area contributed by atoms with Crippen LogP contribution in [0.3, 0.4) is 0 Å². The Bertz CT molecular complexity index is 1210. The minimum absolute atomic E-state index is 0.0221. The molecule has 1 aromatic heterocycles. The molecule has 0 saturated heterocycles. The number of halogens is 1. The Morgan fingerprint density at radius 1 is 1.07 bits per heavy atom. The fraction of sp³-hybridized carbons (Fsp3) is 0.176. The molecule has 0 spiro atoms. The van der Waals surface area contributed by atoms with E-state index in [0.29, 0.717) is 21.2 Å². The van der Waals surface area contributed by atoms with Gasteiger partial charge in [-0.15, -0.1) is 0 Å². The first-order valence-electron chi connectivity index (χ1n) is 8.17. The molecule has 10 heteroatoms. The van der Waals surface area contributed by atoms with Gasteiger partial charge in [0.05, 0.1) is 21.5 Å². The summed E-state index contributed by atoms with van der Waals surface area (Å²) in [7, 11) is -3.66. The Kier molecular flexibility index (Phi) is 4.41. The summed E-state index contributed by atoms with van der Waals surface area (Å²) in [6, 6.07) is 9.22. The number of fused-ring (bicyclic) bond motifs is 1. The number of hydrogen-bond donors (Lipinski definition) is 4. The zero-order chi connectivity index (χ0) is 19.2. The molecule has 0 bridgehead atoms. The predicted molar refractivity (Wildman–Crippen MR) is 104 cm³/mol. The summed E-state index contributed by atoms with van der Waals surface area (Å²) < 4.78 is 27.8.